The van der Waals surface area contributed by atoms with E-state index in [4.69, 9.17) is 12.3 Å². The lowest BCUT2D eigenvalue weighted by Gasteiger charge is -2.28. The molecule has 0 aliphatic heterocycles. The Balaban J connectivity index is 1.80. The molecule has 48 heavy (non-hydrogen) atoms. The first-order chi connectivity index (χ1) is 28.6. The summed E-state index contributed by atoms with van der Waals surface area (Å²) in [6.45, 7) is -12.0. The van der Waals surface area contributed by atoms with Crippen LogP contribution in [-0.2, 0) is 42.4 Å². The summed E-state index contributed by atoms with van der Waals surface area (Å²) in [5.74, 6) is -6.10. The molecular weight excluding hydrogens is 640 g/mol. The van der Waals surface area contributed by atoms with Crippen LogP contribution in [0.25, 0.3) is 11.1 Å². The average molecular weight is 696 g/mol. The molecule has 1 heterocycles. The number of thioether (sulfide) groups is 1. The third-order valence-electron chi connectivity index (χ3n) is 6.95. The Labute approximate surface area is 303 Å². The number of rotatable bonds is 13. The van der Waals surface area contributed by atoms with Crippen LogP contribution < -0.4 is 5.56 Å². The summed E-state index contributed by atoms with van der Waals surface area (Å²) in [7, 11) is 0. The quantitative estimate of drug-likeness (QED) is 0.0826. The lowest BCUT2D eigenvalue weighted by atomic mass is 10.0. The minimum atomic E-state index is -4.65. The van der Waals surface area contributed by atoms with Gasteiger partial charge in [-0.15, -0.1) is 0 Å². The third kappa shape index (κ3) is 8.73. The average Bonchev–Trinajstić information content (AvgIpc) is 3.27. The van der Waals surface area contributed by atoms with E-state index in [-0.39, 0.29) is 46.1 Å². The van der Waals surface area contributed by atoms with Crippen LogP contribution in [0.2, 0.25) is 0 Å². The first-order valence-corrected chi connectivity index (χ1v) is 15.4. The van der Waals surface area contributed by atoms with Gasteiger partial charge in [0.1, 0.15) is 12.3 Å². The maximum Gasteiger partial charge on any atom is 0.416 e. The predicted octanol–water partition coefficient (Wildman–Crippen LogP) is 7.47. The van der Waals surface area contributed by atoms with E-state index in [1.165, 1.54) is 26.0 Å². The van der Waals surface area contributed by atoms with E-state index in [9.17, 15) is 30.6 Å². The second kappa shape index (κ2) is 15.5. The summed E-state index contributed by atoms with van der Waals surface area (Å²) < 4.78 is 189. The van der Waals surface area contributed by atoms with E-state index in [0.717, 1.165) is 72.5 Å². The first kappa shape index (κ1) is 20.5. The summed E-state index contributed by atoms with van der Waals surface area (Å²) in [6, 6.07) is 11.9. The fourth-order valence-electron chi connectivity index (χ4n) is 4.42. The minimum Gasteiger partial charge on any atom is -0.336 e. The van der Waals surface area contributed by atoms with Crippen LogP contribution in [-0.4, -0.2) is 51.3 Å². The van der Waals surface area contributed by atoms with Gasteiger partial charge in [0.2, 0.25) is 5.91 Å². The van der Waals surface area contributed by atoms with Crippen molar-refractivity contribution in [2.45, 2.75) is 63.5 Å². The molecule has 6 nitrogen and oxygen atoms in total. The maximum absolute atomic E-state index is 15.2. The zero-order chi connectivity index (χ0) is 47.9. The molecule has 1 amide bonds. The Morgan fingerprint density at radius 3 is 2.19 bits per heavy atom. The molecule has 5 rings (SSSR count). The molecule has 1 aliphatic rings. The van der Waals surface area contributed by atoms with Gasteiger partial charge < -0.3 is 14.4 Å². The molecule has 0 saturated carbocycles. The van der Waals surface area contributed by atoms with Crippen LogP contribution in [0, 0.1) is 11.7 Å². The fraction of sp³-hybridized carbons (Fsp3) is 0.378. The molecule has 1 aliphatic carbocycles. The van der Waals surface area contributed by atoms with Crippen LogP contribution in [0.5, 0.6) is 0 Å². The van der Waals surface area contributed by atoms with Crippen molar-refractivity contribution in [2.75, 3.05) is 26.1 Å². The number of alkyl halides is 3. The van der Waals surface area contributed by atoms with Crippen molar-refractivity contribution in [1.29, 1.82) is 0 Å². The van der Waals surface area contributed by atoms with E-state index >= 15 is 4.79 Å². The molecule has 0 spiro atoms. The number of halogens is 4. The van der Waals surface area contributed by atoms with Gasteiger partial charge in [0, 0.05) is 48.8 Å². The van der Waals surface area contributed by atoms with Gasteiger partial charge in [0.05, 0.1) is 13.8 Å². The highest BCUT2D eigenvalue weighted by molar-refractivity contribution is 7.98. The van der Waals surface area contributed by atoms with E-state index in [1.807, 2.05) is 0 Å². The van der Waals surface area contributed by atoms with Crippen LogP contribution in [0.4, 0.5) is 17.6 Å². The van der Waals surface area contributed by atoms with Crippen molar-refractivity contribution in [3.05, 3.63) is 117 Å². The number of benzene rings is 3. The number of aromatic nitrogens is 2. The molecule has 4 aromatic rings. The highest BCUT2D eigenvalue weighted by Gasteiger charge is 2.30. The minimum absolute atomic E-state index is 0.0461. The zero-order valence-electron chi connectivity index (χ0n) is 40.9. The van der Waals surface area contributed by atoms with E-state index in [0.29, 0.717) is 0 Å². The maximum atomic E-state index is 15.2. The van der Waals surface area contributed by atoms with E-state index < -0.39 is 106 Å². The molecular formula is C37H40F4N4O2S. The summed E-state index contributed by atoms with van der Waals surface area (Å²) in [5.41, 5.74) is -8.52. The smallest absolute Gasteiger partial charge is 0.336 e. The number of fused-ring (bicyclic) bond motifs is 1. The van der Waals surface area contributed by atoms with E-state index in [1.54, 1.807) is 0 Å². The van der Waals surface area contributed by atoms with Gasteiger partial charge >= 0.3 is 6.18 Å². The number of hydrogen-bond donors (Lipinski definition) is 0. The molecule has 0 saturated heterocycles. The van der Waals surface area contributed by atoms with Crippen LogP contribution in [0.3, 0.4) is 0 Å². The highest BCUT2D eigenvalue weighted by atomic mass is 32.2. The van der Waals surface area contributed by atoms with E-state index in [2.05, 4.69) is 4.98 Å². The van der Waals surface area contributed by atoms with Crippen molar-refractivity contribution in [3.63, 3.8) is 0 Å². The Morgan fingerprint density at radius 1 is 0.979 bits per heavy atom. The molecule has 1 aromatic heterocycles. The molecule has 0 bridgehead atoms. The number of hydrogen-bond acceptors (Lipinski definition) is 5. The summed E-state index contributed by atoms with van der Waals surface area (Å²) in [4.78, 5) is 33.0. The summed E-state index contributed by atoms with van der Waals surface area (Å²) in [6.07, 6.45) is -11.4. The summed E-state index contributed by atoms with van der Waals surface area (Å²) >= 11 is -0.131. The van der Waals surface area contributed by atoms with Gasteiger partial charge in [-0.2, -0.15) is 18.2 Å². The first-order valence-electron chi connectivity index (χ1n) is 22.1. The monoisotopic (exact) mass is 695 g/mol. The molecule has 0 fully saturated rings. The molecule has 1 atom stereocenters. The lowest BCUT2D eigenvalue weighted by Crippen LogP contribution is -2.40. The van der Waals surface area contributed by atoms with Crippen molar-refractivity contribution >= 4 is 17.7 Å². The molecule has 0 N–H and O–H groups in total. The van der Waals surface area contributed by atoms with Crippen molar-refractivity contribution in [1.82, 2.24) is 19.4 Å². The predicted molar refractivity (Wildman–Crippen MR) is 181 cm³/mol. The Kier molecular flexibility index (Phi) is 6.63. The number of carbonyl (C=O) groups excluding carboxylic acids is 1. The van der Waals surface area contributed by atoms with Crippen molar-refractivity contribution < 1.29 is 42.9 Å². The number of carbonyl (C=O) groups is 1. The Morgan fingerprint density at radius 2 is 1.58 bits per heavy atom. The second-order valence-corrected chi connectivity index (χ2v) is 11.0. The molecule has 1 unspecified atom stereocenters. The van der Waals surface area contributed by atoms with Gasteiger partial charge in [0.15, 0.2) is 5.16 Å². The molecule has 254 valence electrons. The van der Waals surface area contributed by atoms with Crippen LogP contribution in [0.1, 0.15) is 69.3 Å². The normalized spacial score (nSPS) is 24.1. The third-order valence-corrected chi connectivity index (χ3v) is 7.75. The van der Waals surface area contributed by atoms with Gasteiger partial charge in [-0.3, -0.25) is 9.59 Å². The number of likely N-dealkylation sites (N-methyl/N-ethyl adjacent to an activating group) is 1. The SMILES string of the molecule is [2H]C([2H])(Sc1nc(=O)c2c(n1C([2H])([2H])C(=O)N(C([2H])([2H])c1ccc(-c3ccc(C(F)(F)F)cc3)cc1)C([2H])([2H])C([2H])([2H])N(CC)CC)C([2H])([2H])C([2H])(C)C2([2H])[2H])c1ccc(F)cc1. The van der Waals surface area contributed by atoms with Gasteiger partial charge in [0.25, 0.3) is 5.56 Å². The Bertz CT molecular complexity index is 2430. The standard InChI is InChI=1S/C37H40F4N4O2S/c1-4-43(5-2)18-19-44(22-26-6-10-28(11-7-26)29-12-14-30(15-13-29)37(39,40)41)34(46)23-45-33-21-25(3)20-32(33)35(47)42-36(45)48-24-27-8-16-31(38)17-9-27/h6-17,25H,4-5,18-24H2,1-3H3/i18D2,19D2,20D2,21D2,22D2,23D2,24D2,25D. The molecule has 11 heteroatoms. The summed E-state index contributed by atoms with van der Waals surface area (Å²) in [5, 5.41) is -1.18. The van der Waals surface area contributed by atoms with Crippen LogP contribution >= 0.6 is 11.8 Å². The topological polar surface area (TPSA) is 58.4 Å². The fourth-order valence-corrected chi connectivity index (χ4v) is 5.12. The van der Waals surface area contributed by atoms with Crippen LogP contribution in [0.15, 0.2) is 82.7 Å². The highest BCUT2D eigenvalue weighted by Crippen LogP contribution is 2.32. The van der Waals surface area contributed by atoms with Gasteiger partial charge in [-0.05, 0) is 78.2 Å². The zero-order valence-corrected chi connectivity index (χ0v) is 26.7. The van der Waals surface area contributed by atoms with Crippen molar-refractivity contribution in [2.24, 2.45) is 5.89 Å². The lowest BCUT2D eigenvalue weighted by molar-refractivity contribution is -0.137. The van der Waals surface area contributed by atoms with Gasteiger partial charge in [-0.25, -0.2) is 4.39 Å². The molecule has 0 radical (unpaired) electrons. The second-order valence-electron chi connectivity index (χ2n) is 10.3. The Hall–Kier alpha value is -3.96. The number of nitrogens with zero attached hydrogens (tertiary/aromatic N) is 4. The van der Waals surface area contributed by atoms with Gasteiger partial charge in [-0.1, -0.05) is 81.1 Å². The van der Waals surface area contributed by atoms with Crippen molar-refractivity contribution in [3.8, 4) is 11.1 Å². The molecule has 3 aromatic carbocycles. The number of amides is 1. The largest absolute Gasteiger partial charge is 0.416 e.